The van der Waals surface area contributed by atoms with Gasteiger partial charge in [0.2, 0.25) is 11.8 Å². The number of nitrogens with zero attached hydrogens (tertiary/aromatic N) is 4. The zero-order valence-corrected chi connectivity index (χ0v) is 22.5. The van der Waals surface area contributed by atoms with Crippen LogP contribution in [0.15, 0.2) is 42.4 Å². The van der Waals surface area contributed by atoms with Crippen molar-refractivity contribution in [3.05, 3.63) is 59.1 Å². The van der Waals surface area contributed by atoms with Gasteiger partial charge in [-0.15, -0.1) is 0 Å². The van der Waals surface area contributed by atoms with E-state index < -0.39 is 30.4 Å². The summed E-state index contributed by atoms with van der Waals surface area (Å²) >= 11 is 0. The molecule has 4 N–H and O–H groups in total. The molecule has 6 rings (SSSR count). The zero-order valence-electron chi connectivity index (χ0n) is 22.5. The Bertz CT molecular complexity index is 1390. The quantitative estimate of drug-likeness (QED) is 0.362. The van der Waals surface area contributed by atoms with Crippen molar-refractivity contribution in [3.8, 4) is 0 Å². The molecule has 2 unspecified atom stereocenters. The van der Waals surface area contributed by atoms with Gasteiger partial charge in [-0.2, -0.15) is 13.2 Å². The number of amides is 4. The highest BCUT2D eigenvalue weighted by molar-refractivity contribution is 6.05. The lowest BCUT2D eigenvalue weighted by Crippen LogP contribution is -2.60. The van der Waals surface area contributed by atoms with Gasteiger partial charge in [-0.1, -0.05) is 12.1 Å². The molecule has 5 heterocycles. The average molecular weight is 590 g/mol. The second kappa shape index (κ2) is 10.2. The Labute approximate surface area is 238 Å². The number of benzene rings is 1. The fourth-order valence-electron chi connectivity index (χ4n) is 6.38. The Balaban J connectivity index is 1.09. The SMILES string of the molecule is O=C1CCC(N2Cc3cc(CNC(N4C=CC=C(N5CCC6(CN(C(=O)O)C6)C5)N4)C(F)(F)F)ccc3C2=O)C(=O)N1. The Morgan fingerprint density at radius 1 is 1.19 bits per heavy atom. The molecule has 5 aliphatic heterocycles. The zero-order chi connectivity index (χ0) is 29.8. The number of likely N-dealkylation sites (tertiary alicyclic amines) is 2. The van der Waals surface area contributed by atoms with E-state index in [1.54, 1.807) is 24.3 Å². The van der Waals surface area contributed by atoms with Crippen LogP contribution in [0.2, 0.25) is 0 Å². The van der Waals surface area contributed by atoms with E-state index in [4.69, 9.17) is 5.11 Å². The van der Waals surface area contributed by atoms with Crippen molar-refractivity contribution in [3.63, 3.8) is 0 Å². The maximum atomic E-state index is 14.2. The first-order valence-corrected chi connectivity index (χ1v) is 13.7. The average Bonchev–Trinajstić information content (AvgIpc) is 3.50. The van der Waals surface area contributed by atoms with Gasteiger partial charge in [0.05, 0.1) is 0 Å². The number of allylic oxidation sites excluding steroid dienone is 2. The molecule has 3 fully saturated rings. The normalized spacial score (nSPS) is 23.9. The fraction of sp³-hybridized carbons (Fsp3) is 0.481. The lowest BCUT2D eigenvalue weighted by Gasteiger charge is -2.46. The second-order valence-electron chi connectivity index (χ2n) is 11.4. The predicted molar refractivity (Wildman–Crippen MR) is 140 cm³/mol. The van der Waals surface area contributed by atoms with Gasteiger partial charge >= 0.3 is 12.3 Å². The number of hydrogen-bond acceptors (Lipinski definition) is 8. The molecule has 42 heavy (non-hydrogen) atoms. The van der Waals surface area contributed by atoms with E-state index >= 15 is 0 Å². The molecule has 3 saturated heterocycles. The van der Waals surface area contributed by atoms with Gasteiger partial charge in [0.1, 0.15) is 11.9 Å². The molecule has 12 nitrogen and oxygen atoms in total. The van der Waals surface area contributed by atoms with Crippen molar-refractivity contribution in [1.29, 1.82) is 0 Å². The van der Waals surface area contributed by atoms with Gasteiger partial charge in [-0.25, -0.2) is 4.79 Å². The summed E-state index contributed by atoms with van der Waals surface area (Å²) in [6.07, 6.45) is -2.05. The first kappa shape index (κ1) is 27.9. The molecule has 0 aliphatic carbocycles. The summed E-state index contributed by atoms with van der Waals surface area (Å²) in [5, 5.41) is 14.9. The number of nitrogens with one attached hydrogen (secondary N) is 3. The van der Waals surface area contributed by atoms with Crippen LogP contribution in [0.25, 0.3) is 0 Å². The number of halogens is 3. The number of rotatable bonds is 6. The number of hydrazine groups is 1. The number of alkyl halides is 3. The van der Waals surface area contributed by atoms with Crippen molar-refractivity contribution in [2.45, 2.75) is 50.7 Å². The van der Waals surface area contributed by atoms with Gasteiger partial charge in [-0.3, -0.25) is 35.5 Å². The molecule has 0 aromatic heterocycles. The monoisotopic (exact) mass is 589 g/mol. The standard InChI is InChI=1S/C27H30F3N7O5/c28-27(29,30)24(37-8-1-2-20(33-37)34-9-7-26(13-34)14-35(15-26)25(41)42)31-11-16-3-4-18-17(10-16)12-36(23(18)40)19-5-6-21(38)32-22(19)39/h1-4,8,10,19,24,31,33H,5-7,9,11-15H2,(H,41,42)(H,32,38,39). The highest BCUT2D eigenvalue weighted by Crippen LogP contribution is 2.41. The summed E-state index contributed by atoms with van der Waals surface area (Å²) in [7, 11) is 0. The van der Waals surface area contributed by atoms with E-state index in [9.17, 15) is 32.3 Å². The van der Waals surface area contributed by atoms with Gasteiger partial charge in [0.15, 0.2) is 6.17 Å². The Morgan fingerprint density at radius 2 is 1.98 bits per heavy atom. The molecule has 1 aromatic rings. The Morgan fingerprint density at radius 3 is 2.69 bits per heavy atom. The minimum absolute atomic E-state index is 0.127. The number of imide groups is 1. The molecule has 5 aliphatic rings. The summed E-state index contributed by atoms with van der Waals surface area (Å²) in [6, 6.07) is 4.02. The highest BCUT2D eigenvalue weighted by Gasteiger charge is 2.50. The topological polar surface area (TPSA) is 138 Å². The van der Waals surface area contributed by atoms with Crippen LogP contribution >= 0.6 is 0 Å². The molecule has 1 aromatic carbocycles. The van der Waals surface area contributed by atoms with Crippen LogP contribution < -0.4 is 16.1 Å². The minimum Gasteiger partial charge on any atom is -0.465 e. The van der Waals surface area contributed by atoms with Crippen molar-refractivity contribution < 1.29 is 37.5 Å². The van der Waals surface area contributed by atoms with E-state index in [1.165, 1.54) is 22.1 Å². The lowest BCUT2D eigenvalue weighted by molar-refractivity contribution is -0.192. The maximum absolute atomic E-state index is 14.2. The number of fused-ring (bicyclic) bond motifs is 1. The number of carbonyl (C=O) groups excluding carboxylic acids is 3. The molecular weight excluding hydrogens is 559 g/mol. The smallest absolute Gasteiger partial charge is 0.424 e. The number of hydrogen-bond donors (Lipinski definition) is 4. The molecule has 0 bridgehead atoms. The van der Waals surface area contributed by atoms with Crippen LogP contribution in [0.1, 0.15) is 40.7 Å². The van der Waals surface area contributed by atoms with Gasteiger partial charge in [0, 0.05) is 62.9 Å². The third-order valence-electron chi connectivity index (χ3n) is 8.52. The van der Waals surface area contributed by atoms with E-state index in [1.807, 2.05) is 4.90 Å². The second-order valence-corrected chi connectivity index (χ2v) is 11.4. The van der Waals surface area contributed by atoms with Gasteiger partial charge in [-0.05, 0) is 42.2 Å². The third kappa shape index (κ3) is 5.12. The maximum Gasteiger partial charge on any atom is 0.424 e. The molecule has 2 atom stereocenters. The van der Waals surface area contributed by atoms with Crippen LogP contribution in [0.3, 0.4) is 0 Å². The number of piperidine rings is 1. The van der Waals surface area contributed by atoms with Crippen LogP contribution in [0.5, 0.6) is 0 Å². The molecule has 0 saturated carbocycles. The van der Waals surface area contributed by atoms with Gasteiger partial charge < -0.3 is 19.8 Å². The van der Waals surface area contributed by atoms with Crippen LogP contribution in [0, 0.1) is 5.41 Å². The summed E-state index contributed by atoms with van der Waals surface area (Å²) < 4.78 is 42.7. The molecular formula is C27H30F3N7O5. The summed E-state index contributed by atoms with van der Waals surface area (Å²) in [5.41, 5.74) is 4.20. The lowest BCUT2D eigenvalue weighted by atomic mass is 9.79. The molecule has 1 spiro atoms. The van der Waals surface area contributed by atoms with Crippen molar-refractivity contribution >= 4 is 23.8 Å². The summed E-state index contributed by atoms with van der Waals surface area (Å²) in [6.45, 7) is 1.95. The van der Waals surface area contributed by atoms with Gasteiger partial charge in [0.25, 0.3) is 5.91 Å². The molecule has 0 radical (unpaired) electrons. The molecule has 15 heteroatoms. The largest absolute Gasteiger partial charge is 0.465 e. The van der Waals surface area contributed by atoms with E-state index in [0.29, 0.717) is 48.7 Å². The Kier molecular flexibility index (Phi) is 6.78. The molecule has 224 valence electrons. The number of carboxylic acid groups (broad SMARTS) is 1. The first-order valence-electron chi connectivity index (χ1n) is 13.7. The van der Waals surface area contributed by atoms with E-state index in [-0.39, 0.29) is 43.2 Å². The van der Waals surface area contributed by atoms with Crippen LogP contribution in [-0.4, -0.2) is 93.2 Å². The fourth-order valence-corrected chi connectivity index (χ4v) is 6.38. The van der Waals surface area contributed by atoms with E-state index in [2.05, 4.69) is 16.1 Å². The van der Waals surface area contributed by atoms with Crippen LogP contribution in [0.4, 0.5) is 18.0 Å². The van der Waals surface area contributed by atoms with Crippen LogP contribution in [-0.2, 0) is 22.7 Å². The summed E-state index contributed by atoms with van der Waals surface area (Å²) in [5.74, 6) is -0.764. The predicted octanol–water partition coefficient (Wildman–Crippen LogP) is 1.29. The first-order chi connectivity index (χ1) is 19.9. The van der Waals surface area contributed by atoms with E-state index in [0.717, 1.165) is 11.4 Å². The van der Waals surface area contributed by atoms with Crippen molar-refractivity contribution in [2.75, 3.05) is 26.2 Å². The third-order valence-corrected chi connectivity index (χ3v) is 8.52. The number of carbonyl (C=O) groups is 4. The summed E-state index contributed by atoms with van der Waals surface area (Å²) in [4.78, 5) is 52.5. The van der Waals surface area contributed by atoms with Crippen molar-refractivity contribution in [1.82, 2.24) is 35.8 Å². The highest BCUT2D eigenvalue weighted by atomic mass is 19.4. The minimum atomic E-state index is -4.64. The van der Waals surface area contributed by atoms with Crippen molar-refractivity contribution in [2.24, 2.45) is 5.41 Å². The molecule has 4 amide bonds. The Hall–Kier alpha value is -4.27.